The van der Waals surface area contributed by atoms with Crippen LogP contribution in [-0.4, -0.2) is 18.9 Å². The van der Waals surface area contributed by atoms with Gasteiger partial charge in [0.25, 0.3) is 0 Å². The van der Waals surface area contributed by atoms with Crippen LogP contribution in [0.15, 0.2) is 43.0 Å². The number of carbonyl (C=O) groups is 2. The number of hydrogen-bond acceptors (Lipinski definition) is 5. The van der Waals surface area contributed by atoms with E-state index in [2.05, 4.69) is 16.1 Å². The lowest BCUT2D eigenvalue weighted by Gasteiger charge is -2.05. The number of carbonyl (C=O) groups excluding carboxylic acids is 2. The Morgan fingerprint density at radius 2 is 1.89 bits per heavy atom. The Bertz CT molecular complexity index is 473. The average molecular weight is 262 g/mol. The summed E-state index contributed by atoms with van der Waals surface area (Å²) in [6, 6.07) is 6.85. The molecule has 0 saturated carbocycles. The quantitative estimate of drug-likeness (QED) is 0.353. The summed E-state index contributed by atoms with van der Waals surface area (Å²) in [7, 11) is 0. The first-order valence-electron chi connectivity index (χ1n) is 5.52. The van der Waals surface area contributed by atoms with Crippen LogP contribution in [0.25, 0.3) is 6.08 Å². The Kier molecular flexibility index (Phi) is 5.88. The van der Waals surface area contributed by atoms with Crippen LogP contribution < -0.4 is 4.74 Å². The maximum atomic E-state index is 11.2. The fourth-order valence-corrected chi connectivity index (χ4v) is 1.16. The van der Waals surface area contributed by atoms with E-state index in [1.165, 1.54) is 0 Å². The van der Waals surface area contributed by atoms with Gasteiger partial charge in [0.1, 0.15) is 5.75 Å². The summed E-state index contributed by atoms with van der Waals surface area (Å²) in [6.45, 7) is 4.59. The minimum atomic E-state index is -0.948. The second-order valence-electron chi connectivity index (χ2n) is 3.35. The van der Waals surface area contributed by atoms with Gasteiger partial charge in [-0.1, -0.05) is 30.9 Å². The molecule has 0 N–H and O–H groups in total. The summed E-state index contributed by atoms with van der Waals surface area (Å²) in [6.07, 6.45) is 3.83. The van der Waals surface area contributed by atoms with Crippen molar-refractivity contribution >= 4 is 18.2 Å². The van der Waals surface area contributed by atoms with Gasteiger partial charge >= 0.3 is 12.1 Å². The standard InChI is InChI=1S/C14H14O5/c1-3-5-11-6-8-12(9-7-11)19-14(16)18-10-17-13(15)4-2/h3-9H,2,10H2,1H3. The summed E-state index contributed by atoms with van der Waals surface area (Å²) < 4.78 is 13.9. The zero-order valence-corrected chi connectivity index (χ0v) is 10.5. The molecule has 0 atom stereocenters. The van der Waals surface area contributed by atoms with Crippen LogP contribution >= 0.6 is 0 Å². The van der Waals surface area contributed by atoms with Crippen molar-refractivity contribution in [1.82, 2.24) is 0 Å². The van der Waals surface area contributed by atoms with Crippen molar-refractivity contribution in [1.29, 1.82) is 0 Å². The lowest BCUT2D eigenvalue weighted by molar-refractivity contribution is -0.146. The molecule has 0 amide bonds. The van der Waals surface area contributed by atoms with E-state index >= 15 is 0 Å². The summed E-state index contributed by atoms with van der Waals surface area (Å²) in [5, 5.41) is 0. The maximum absolute atomic E-state index is 11.2. The third kappa shape index (κ3) is 5.54. The van der Waals surface area contributed by atoms with Crippen molar-refractivity contribution in [2.75, 3.05) is 6.79 Å². The lowest BCUT2D eigenvalue weighted by atomic mass is 10.2. The van der Waals surface area contributed by atoms with E-state index in [0.29, 0.717) is 5.75 Å². The zero-order valence-electron chi connectivity index (χ0n) is 10.5. The first kappa shape index (κ1) is 14.5. The van der Waals surface area contributed by atoms with Gasteiger partial charge in [0.2, 0.25) is 6.79 Å². The van der Waals surface area contributed by atoms with Crippen LogP contribution in [0, 0.1) is 0 Å². The van der Waals surface area contributed by atoms with E-state index in [1.54, 1.807) is 24.3 Å². The normalized spacial score (nSPS) is 9.95. The zero-order chi connectivity index (χ0) is 14.1. The number of hydrogen-bond donors (Lipinski definition) is 0. The largest absolute Gasteiger partial charge is 0.516 e. The topological polar surface area (TPSA) is 61.8 Å². The molecule has 0 aliphatic carbocycles. The molecule has 0 unspecified atom stereocenters. The van der Waals surface area contributed by atoms with Crippen molar-refractivity contribution in [2.45, 2.75) is 6.92 Å². The predicted octanol–water partition coefficient (Wildman–Crippen LogP) is 2.92. The molecule has 0 radical (unpaired) electrons. The van der Waals surface area contributed by atoms with Gasteiger partial charge in [-0.2, -0.15) is 0 Å². The molecule has 1 rings (SSSR count). The summed E-state index contributed by atoms with van der Waals surface area (Å²) in [4.78, 5) is 21.9. The SMILES string of the molecule is C=CC(=O)OCOC(=O)Oc1ccc(C=CC)cc1. The highest BCUT2D eigenvalue weighted by molar-refractivity contribution is 5.81. The van der Waals surface area contributed by atoms with E-state index in [-0.39, 0.29) is 0 Å². The van der Waals surface area contributed by atoms with E-state index in [0.717, 1.165) is 11.6 Å². The van der Waals surface area contributed by atoms with Gasteiger partial charge in [0.05, 0.1) is 0 Å². The van der Waals surface area contributed by atoms with Crippen LogP contribution in [0.2, 0.25) is 0 Å². The molecule has 0 heterocycles. The average Bonchev–Trinajstić information content (AvgIpc) is 2.41. The Morgan fingerprint density at radius 3 is 2.47 bits per heavy atom. The molecule has 0 aliphatic rings. The Hall–Kier alpha value is -2.56. The minimum Gasteiger partial charge on any atom is -0.425 e. The third-order valence-corrected chi connectivity index (χ3v) is 1.99. The van der Waals surface area contributed by atoms with Gasteiger partial charge in [-0.25, -0.2) is 9.59 Å². The second kappa shape index (κ2) is 7.71. The molecule has 1 aromatic carbocycles. The molecule has 0 spiro atoms. The summed E-state index contributed by atoms with van der Waals surface area (Å²) in [5.41, 5.74) is 0.989. The Labute approximate surface area is 111 Å². The van der Waals surface area contributed by atoms with Crippen molar-refractivity contribution in [3.8, 4) is 5.75 Å². The van der Waals surface area contributed by atoms with Crippen molar-refractivity contribution < 1.29 is 23.8 Å². The molecular formula is C14H14O5. The fourth-order valence-electron chi connectivity index (χ4n) is 1.16. The Balaban J connectivity index is 2.39. The first-order chi connectivity index (χ1) is 9.15. The first-order valence-corrected chi connectivity index (χ1v) is 5.52. The van der Waals surface area contributed by atoms with Crippen LogP contribution in [-0.2, 0) is 14.3 Å². The van der Waals surface area contributed by atoms with Crippen molar-refractivity contribution in [3.05, 3.63) is 48.6 Å². The van der Waals surface area contributed by atoms with E-state index in [1.807, 2.05) is 19.1 Å². The second-order valence-corrected chi connectivity index (χ2v) is 3.35. The molecule has 0 fully saturated rings. The number of ether oxygens (including phenoxy) is 3. The van der Waals surface area contributed by atoms with E-state index in [9.17, 15) is 9.59 Å². The van der Waals surface area contributed by atoms with Crippen LogP contribution in [0.3, 0.4) is 0 Å². The van der Waals surface area contributed by atoms with Crippen molar-refractivity contribution in [2.24, 2.45) is 0 Å². The molecule has 5 heteroatoms. The van der Waals surface area contributed by atoms with Crippen molar-refractivity contribution in [3.63, 3.8) is 0 Å². The number of benzene rings is 1. The molecule has 0 saturated heterocycles. The molecule has 19 heavy (non-hydrogen) atoms. The van der Waals surface area contributed by atoms with Gasteiger partial charge in [-0.05, 0) is 24.6 Å². The van der Waals surface area contributed by atoms with Crippen LogP contribution in [0.1, 0.15) is 12.5 Å². The highest BCUT2D eigenvalue weighted by Crippen LogP contribution is 2.13. The molecule has 1 aromatic rings. The lowest BCUT2D eigenvalue weighted by Crippen LogP contribution is -2.14. The van der Waals surface area contributed by atoms with Crippen LogP contribution in [0.5, 0.6) is 5.75 Å². The monoisotopic (exact) mass is 262 g/mol. The Morgan fingerprint density at radius 1 is 1.21 bits per heavy atom. The smallest absolute Gasteiger partial charge is 0.425 e. The van der Waals surface area contributed by atoms with Gasteiger partial charge < -0.3 is 14.2 Å². The minimum absolute atomic E-state index is 0.341. The van der Waals surface area contributed by atoms with Gasteiger partial charge in [-0.15, -0.1) is 0 Å². The summed E-state index contributed by atoms with van der Waals surface area (Å²) >= 11 is 0. The highest BCUT2D eigenvalue weighted by Gasteiger charge is 2.06. The van der Waals surface area contributed by atoms with E-state index < -0.39 is 18.9 Å². The predicted molar refractivity (Wildman–Crippen MR) is 69.4 cm³/mol. The van der Waals surface area contributed by atoms with Crippen LogP contribution in [0.4, 0.5) is 4.79 Å². The molecule has 0 aliphatic heterocycles. The van der Waals surface area contributed by atoms with Gasteiger partial charge in [0.15, 0.2) is 0 Å². The third-order valence-electron chi connectivity index (χ3n) is 1.99. The number of allylic oxidation sites excluding steroid dienone is 1. The van der Waals surface area contributed by atoms with Gasteiger partial charge in [0, 0.05) is 6.08 Å². The maximum Gasteiger partial charge on any atom is 0.516 e. The number of rotatable bonds is 5. The molecule has 100 valence electrons. The summed E-state index contributed by atoms with van der Waals surface area (Å²) in [5.74, 6) is -0.336. The molecule has 0 bridgehead atoms. The number of esters is 1. The molecule has 5 nitrogen and oxygen atoms in total. The van der Waals surface area contributed by atoms with Gasteiger partial charge in [-0.3, -0.25) is 0 Å². The molecular weight excluding hydrogens is 248 g/mol. The molecule has 0 aromatic heterocycles. The highest BCUT2D eigenvalue weighted by atomic mass is 16.8. The fraction of sp³-hybridized carbons (Fsp3) is 0.143. The van der Waals surface area contributed by atoms with E-state index in [4.69, 9.17) is 4.74 Å².